The number of rotatable bonds is 0. The van der Waals surface area contributed by atoms with Gasteiger partial charge in [0.25, 0.3) is 0 Å². The maximum Gasteiger partial charge on any atom is 0.0383 e. The van der Waals surface area contributed by atoms with Crippen LogP contribution in [0.5, 0.6) is 0 Å². The Morgan fingerprint density at radius 2 is 0.417 bits per heavy atom. The van der Waals surface area contributed by atoms with Crippen molar-refractivity contribution < 1.29 is 0 Å². The molecule has 0 atom stereocenters. The van der Waals surface area contributed by atoms with Crippen LogP contribution in [0.2, 0.25) is 0 Å². The van der Waals surface area contributed by atoms with Gasteiger partial charge in [-0.3, -0.25) is 0 Å². The Kier molecular flexibility index (Phi) is 3.94. The van der Waals surface area contributed by atoms with E-state index >= 15 is 0 Å². The average molecular weight is 409 g/mol. The van der Waals surface area contributed by atoms with Crippen LogP contribution in [0, 0.1) is 0 Å². The maximum atomic E-state index is 2.51. The Balaban J connectivity index is 2.40. The normalized spacial score (nSPS) is 12.5. The highest BCUT2D eigenvalue weighted by Crippen LogP contribution is 2.32. The second-order valence-corrected chi connectivity index (χ2v) is 13.9. The van der Waals surface area contributed by atoms with Crippen molar-refractivity contribution in [3.8, 4) is 0 Å². The van der Waals surface area contributed by atoms with E-state index in [2.05, 4.69) is 36.4 Å². The molecule has 0 fully saturated rings. The van der Waals surface area contributed by atoms with Gasteiger partial charge in [-0.15, -0.1) is 0 Å². The monoisotopic (exact) mass is 408 g/mol. The van der Waals surface area contributed by atoms with Gasteiger partial charge in [-0.1, -0.05) is 67.5 Å². The third-order valence-electron chi connectivity index (χ3n) is 5.77. The quantitative estimate of drug-likeness (QED) is 0.200. The summed E-state index contributed by atoms with van der Waals surface area (Å²) in [6.45, 7) is 0. The number of fused-ring (bicyclic) bond motifs is 6. The lowest BCUT2D eigenvalue weighted by molar-refractivity contribution is 1.90. The van der Waals surface area contributed by atoms with E-state index in [0.29, 0.717) is 0 Å². The summed E-state index contributed by atoms with van der Waals surface area (Å²) in [7, 11) is 6.95. The minimum Gasteiger partial charge on any atom is -0.0718 e. The van der Waals surface area contributed by atoms with Gasteiger partial charge >= 0.3 is 0 Å². The molecule has 0 radical (unpaired) electrons. The molecule has 4 rings (SSSR count). The fraction of sp³-hybridized carbons (Fsp3) is 0. The van der Waals surface area contributed by atoms with Crippen LogP contribution in [0.3, 0.4) is 0 Å². The lowest BCUT2D eigenvalue weighted by atomic mass is 9.94. The van der Waals surface area contributed by atoms with Crippen LogP contribution >= 0.6 is 0 Å². The van der Waals surface area contributed by atoms with Crippen molar-refractivity contribution in [2.75, 3.05) is 0 Å². The van der Waals surface area contributed by atoms with Gasteiger partial charge in [-0.05, 0) is 32.3 Å². The standard InChI is InChI=1S/C18H24Si6/c19-13-1-7-8(2-14(13)20)10-4-17(23)18(24)6-12(10)11-5-16(22)15(21)3-9(7)11/h1-6H,19-24H3. The Morgan fingerprint density at radius 3 is 0.542 bits per heavy atom. The first-order valence-corrected chi connectivity index (χ1v) is 14.7. The van der Waals surface area contributed by atoms with Gasteiger partial charge in [0, 0.05) is 61.5 Å². The van der Waals surface area contributed by atoms with Gasteiger partial charge in [0.05, 0.1) is 0 Å². The van der Waals surface area contributed by atoms with E-state index < -0.39 is 0 Å². The summed E-state index contributed by atoms with van der Waals surface area (Å²) in [5.41, 5.74) is 0. The van der Waals surface area contributed by atoms with E-state index in [1.807, 2.05) is 0 Å². The van der Waals surface area contributed by atoms with Crippen LogP contribution in [0.4, 0.5) is 0 Å². The highest BCUT2D eigenvalue weighted by molar-refractivity contribution is 6.53. The van der Waals surface area contributed by atoms with E-state index in [0.717, 1.165) is 61.5 Å². The molecule has 4 aromatic carbocycles. The first-order chi connectivity index (χ1) is 11.4. The van der Waals surface area contributed by atoms with Crippen LogP contribution < -0.4 is 31.1 Å². The van der Waals surface area contributed by atoms with Crippen LogP contribution in [-0.2, 0) is 0 Å². The smallest absolute Gasteiger partial charge is 0.0383 e. The summed E-state index contributed by atoms with van der Waals surface area (Å²) in [5.74, 6) is 0. The summed E-state index contributed by atoms with van der Waals surface area (Å²) < 4.78 is 0. The second kappa shape index (κ2) is 5.75. The van der Waals surface area contributed by atoms with Crippen molar-refractivity contribution >= 4 is 125 Å². The molecule has 0 saturated heterocycles. The third kappa shape index (κ3) is 2.40. The molecule has 0 heterocycles. The van der Waals surface area contributed by atoms with Crippen molar-refractivity contribution in [1.82, 2.24) is 0 Å². The lowest BCUT2D eigenvalue weighted by Crippen LogP contribution is -2.27. The summed E-state index contributed by atoms with van der Waals surface area (Å²) in [6.07, 6.45) is 0. The van der Waals surface area contributed by atoms with Gasteiger partial charge in [-0.25, -0.2) is 0 Å². The van der Waals surface area contributed by atoms with Crippen LogP contribution in [0.25, 0.3) is 32.3 Å². The Hall–Kier alpha value is -1.04. The van der Waals surface area contributed by atoms with Crippen molar-refractivity contribution in [2.24, 2.45) is 0 Å². The molecule has 0 aromatic heterocycles. The molecule has 6 heteroatoms. The fourth-order valence-electron chi connectivity index (χ4n) is 3.79. The Labute approximate surface area is 161 Å². The third-order valence-corrected chi connectivity index (χ3v) is 15.2. The van der Waals surface area contributed by atoms with E-state index in [4.69, 9.17) is 0 Å². The lowest BCUT2D eigenvalue weighted by Gasteiger charge is -2.16. The Bertz CT molecular complexity index is 896. The van der Waals surface area contributed by atoms with Crippen molar-refractivity contribution in [3.63, 3.8) is 0 Å². The molecule has 0 saturated carbocycles. The highest BCUT2D eigenvalue weighted by atomic mass is 28.2. The average Bonchev–Trinajstić information content (AvgIpc) is 2.53. The zero-order chi connectivity index (χ0) is 17.2. The summed E-state index contributed by atoms with van der Waals surface area (Å²) >= 11 is 0. The van der Waals surface area contributed by atoms with Gasteiger partial charge in [0.2, 0.25) is 0 Å². The zero-order valence-electron chi connectivity index (χ0n) is 15.5. The molecule has 0 amide bonds. The van der Waals surface area contributed by atoms with E-state index in [1.54, 1.807) is 31.1 Å². The fourth-order valence-corrected chi connectivity index (χ4v) is 6.38. The zero-order valence-corrected chi connectivity index (χ0v) is 27.5. The van der Waals surface area contributed by atoms with Gasteiger partial charge in [0.15, 0.2) is 0 Å². The largest absolute Gasteiger partial charge is 0.0718 e. The highest BCUT2D eigenvalue weighted by Gasteiger charge is 2.12. The number of hydrogen-bond donors (Lipinski definition) is 0. The summed E-state index contributed by atoms with van der Waals surface area (Å²) in [4.78, 5) is 0. The minimum atomic E-state index is 1.16. The molecular weight excluding hydrogens is 385 g/mol. The molecule has 120 valence electrons. The molecule has 0 spiro atoms. The molecule has 24 heavy (non-hydrogen) atoms. The molecule has 0 aliphatic heterocycles. The predicted molar refractivity (Wildman–Crippen MR) is 136 cm³/mol. The van der Waals surface area contributed by atoms with Crippen LogP contribution in [0.1, 0.15) is 0 Å². The van der Waals surface area contributed by atoms with Crippen LogP contribution in [-0.4, -0.2) is 61.5 Å². The SMILES string of the molecule is [SiH3]c1cc2c3cc([SiH3])c([SiH3])cc3c3cc([SiH3])c([SiH3])cc3c2cc1[SiH3]. The van der Waals surface area contributed by atoms with E-state index in [-0.39, 0.29) is 0 Å². The Morgan fingerprint density at radius 1 is 0.292 bits per heavy atom. The van der Waals surface area contributed by atoms with Gasteiger partial charge < -0.3 is 0 Å². The van der Waals surface area contributed by atoms with Gasteiger partial charge in [-0.2, -0.15) is 0 Å². The molecule has 0 aliphatic rings. The molecule has 0 bridgehead atoms. The molecule has 0 N–H and O–H groups in total. The molecule has 0 nitrogen and oxygen atoms in total. The van der Waals surface area contributed by atoms with Crippen molar-refractivity contribution in [2.45, 2.75) is 0 Å². The molecule has 4 aromatic rings. The summed E-state index contributed by atoms with van der Waals surface area (Å²) in [5, 5.41) is 18.6. The van der Waals surface area contributed by atoms with Crippen molar-refractivity contribution in [3.05, 3.63) is 36.4 Å². The minimum absolute atomic E-state index is 1.16. The first kappa shape index (κ1) is 16.4. The van der Waals surface area contributed by atoms with E-state index in [1.165, 1.54) is 32.3 Å². The predicted octanol–water partition coefficient (Wildman–Crippen LogP) is -6.91. The van der Waals surface area contributed by atoms with Crippen LogP contribution in [0.15, 0.2) is 36.4 Å². The molecule has 0 aliphatic carbocycles. The van der Waals surface area contributed by atoms with E-state index in [9.17, 15) is 0 Å². The van der Waals surface area contributed by atoms with Gasteiger partial charge in [0.1, 0.15) is 0 Å². The first-order valence-electron chi connectivity index (χ1n) is 8.71. The summed E-state index contributed by atoms with van der Waals surface area (Å²) in [6, 6.07) is 15.1. The maximum absolute atomic E-state index is 2.51. The van der Waals surface area contributed by atoms with Crippen molar-refractivity contribution in [1.29, 1.82) is 0 Å². The second-order valence-electron chi connectivity index (χ2n) is 7.45. The topological polar surface area (TPSA) is 0 Å². The number of hydrogen-bond acceptors (Lipinski definition) is 0. The molecular formula is C18H24Si6. The molecule has 0 unspecified atom stereocenters. The number of benzene rings is 4.